The van der Waals surface area contributed by atoms with Crippen LogP contribution in [0.2, 0.25) is 0 Å². The smallest absolute Gasteiger partial charge is 0.350 e. The largest absolute Gasteiger partial charge is 0.418 e. The molecule has 2 aliphatic carbocycles. The van der Waals surface area contributed by atoms with Crippen molar-refractivity contribution in [3.05, 3.63) is 40.6 Å². The second kappa shape index (κ2) is 7.43. The van der Waals surface area contributed by atoms with E-state index in [1.165, 1.54) is 6.07 Å². The third-order valence-electron chi connectivity index (χ3n) is 5.86. The van der Waals surface area contributed by atoms with Gasteiger partial charge in [0.2, 0.25) is 0 Å². The first-order chi connectivity index (χ1) is 13.7. The van der Waals surface area contributed by atoms with Crippen molar-refractivity contribution in [2.75, 3.05) is 6.54 Å². The van der Waals surface area contributed by atoms with E-state index in [1.807, 2.05) is 0 Å². The topological polar surface area (TPSA) is 59.1 Å². The molecule has 1 amide bonds. The number of nitrogens with zero attached hydrogens (tertiary/aromatic N) is 1. The van der Waals surface area contributed by atoms with Crippen molar-refractivity contribution >= 4 is 22.6 Å². The zero-order valence-corrected chi connectivity index (χ0v) is 16.2. The molecule has 1 N–H and O–H groups in total. The molecule has 0 radical (unpaired) electrons. The second-order valence-corrected chi connectivity index (χ2v) is 8.27. The number of ketones is 1. The first kappa shape index (κ1) is 19.9. The molecule has 2 aromatic rings. The zero-order valence-electron chi connectivity index (χ0n) is 16.2. The Hall–Kier alpha value is -2.44. The van der Waals surface area contributed by atoms with Crippen molar-refractivity contribution in [3.63, 3.8) is 0 Å². The van der Waals surface area contributed by atoms with Crippen LogP contribution in [0.4, 0.5) is 13.2 Å². The van der Waals surface area contributed by atoms with Crippen molar-refractivity contribution < 1.29 is 22.8 Å². The Morgan fingerprint density at radius 3 is 2.62 bits per heavy atom. The van der Waals surface area contributed by atoms with Gasteiger partial charge >= 0.3 is 6.18 Å². The maximum atomic E-state index is 13.7. The molecule has 1 unspecified atom stereocenters. The van der Waals surface area contributed by atoms with Crippen LogP contribution in [0.15, 0.2) is 18.2 Å². The molecule has 4 nitrogen and oxygen atoms in total. The predicted molar refractivity (Wildman–Crippen MR) is 103 cm³/mol. The van der Waals surface area contributed by atoms with E-state index in [0.29, 0.717) is 35.9 Å². The second-order valence-electron chi connectivity index (χ2n) is 8.27. The van der Waals surface area contributed by atoms with Crippen molar-refractivity contribution in [2.45, 2.75) is 57.5 Å². The number of nitrogens with one attached hydrogen (secondary N) is 1. The number of rotatable bonds is 4. The van der Waals surface area contributed by atoms with Crippen molar-refractivity contribution in [3.8, 4) is 0 Å². The van der Waals surface area contributed by atoms with E-state index >= 15 is 0 Å². The average molecular weight is 404 g/mol. The molecule has 0 spiro atoms. The number of amides is 1. The van der Waals surface area contributed by atoms with Gasteiger partial charge in [-0.1, -0.05) is 0 Å². The summed E-state index contributed by atoms with van der Waals surface area (Å²) in [6, 6.07) is 4.50. The monoisotopic (exact) mass is 404 g/mol. The first-order valence-corrected chi connectivity index (χ1v) is 10.0. The van der Waals surface area contributed by atoms with Gasteiger partial charge in [0.25, 0.3) is 5.91 Å². The quantitative estimate of drug-likeness (QED) is 0.786. The number of benzene rings is 1. The molecule has 1 aromatic heterocycles. The number of carbonyl (C=O) groups is 2. The maximum Gasteiger partial charge on any atom is 0.418 e. The Morgan fingerprint density at radius 2 is 1.97 bits per heavy atom. The Balaban J connectivity index is 1.64. The van der Waals surface area contributed by atoms with Crippen LogP contribution in [0.1, 0.15) is 71.6 Å². The van der Waals surface area contributed by atoms with Crippen LogP contribution < -0.4 is 5.32 Å². The number of aryl methyl sites for hydroxylation is 1. The zero-order chi connectivity index (χ0) is 20.8. The fourth-order valence-corrected chi connectivity index (χ4v) is 4.11. The molecule has 1 atom stereocenters. The number of hydrogen-bond acceptors (Lipinski definition) is 3. The minimum atomic E-state index is -4.54. The summed E-state index contributed by atoms with van der Waals surface area (Å²) in [4.78, 5) is 28.2. The van der Waals surface area contributed by atoms with Gasteiger partial charge in [0.05, 0.1) is 11.1 Å². The highest BCUT2D eigenvalue weighted by Crippen LogP contribution is 2.44. The number of halogens is 3. The van der Waals surface area contributed by atoms with Crippen molar-refractivity contribution in [2.24, 2.45) is 5.92 Å². The lowest BCUT2D eigenvalue weighted by Crippen LogP contribution is -2.32. The van der Waals surface area contributed by atoms with Crippen LogP contribution in [0.5, 0.6) is 0 Å². The number of alkyl halides is 3. The predicted octanol–water partition coefficient (Wildman–Crippen LogP) is 4.93. The lowest BCUT2D eigenvalue weighted by atomic mass is 9.88. The SMILES string of the molecule is Cc1cc(C(=O)NCC2CCCC(=O)C2)nc2c(C(F)(F)F)cc(C3CC3)cc12. The van der Waals surface area contributed by atoms with E-state index in [9.17, 15) is 22.8 Å². The number of carbonyl (C=O) groups excluding carboxylic acids is 2. The van der Waals surface area contributed by atoms with Gasteiger partial charge in [-0.3, -0.25) is 9.59 Å². The van der Waals surface area contributed by atoms with Crippen molar-refractivity contribution in [1.29, 1.82) is 0 Å². The lowest BCUT2D eigenvalue weighted by molar-refractivity contribution is -0.136. The number of fused-ring (bicyclic) bond motifs is 1. The molecule has 2 fully saturated rings. The minimum absolute atomic E-state index is 0.0261. The van der Waals surface area contributed by atoms with E-state index in [0.717, 1.165) is 25.7 Å². The van der Waals surface area contributed by atoms with E-state index in [-0.39, 0.29) is 28.8 Å². The maximum absolute atomic E-state index is 13.7. The normalized spacial score (nSPS) is 20.1. The molecule has 4 rings (SSSR count). The molecule has 154 valence electrons. The summed E-state index contributed by atoms with van der Waals surface area (Å²) >= 11 is 0. The molecule has 1 heterocycles. The average Bonchev–Trinajstić information content (AvgIpc) is 3.50. The number of pyridine rings is 1. The highest BCUT2D eigenvalue weighted by molar-refractivity contribution is 5.97. The third-order valence-corrected chi connectivity index (χ3v) is 5.86. The molecule has 1 aromatic carbocycles. The van der Waals surface area contributed by atoms with Crippen LogP contribution in [0.25, 0.3) is 10.9 Å². The summed E-state index contributed by atoms with van der Waals surface area (Å²) in [6.45, 7) is 2.04. The molecule has 0 aliphatic heterocycles. The minimum Gasteiger partial charge on any atom is -0.350 e. The highest BCUT2D eigenvalue weighted by Gasteiger charge is 2.36. The Labute approximate surface area is 166 Å². The molecule has 2 saturated carbocycles. The van der Waals surface area contributed by atoms with E-state index in [4.69, 9.17) is 0 Å². The van der Waals surface area contributed by atoms with Gasteiger partial charge in [0.15, 0.2) is 0 Å². The van der Waals surface area contributed by atoms with Gasteiger partial charge in [0.1, 0.15) is 11.5 Å². The van der Waals surface area contributed by atoms with Gasteiger partial charge in [-0.15, -0.1) is 0 Å². The van der Waals surface area contributed by atoms with Crippen LogP contribution >= 0.6 is 0 Å². The van der Waals surface area contributed by atoms with Crippen LogP contribution in [0, 0.1) is 12.8 Å². The van der Waals surface area contributed by atoms with Gasteiger partial charge in [0, 0.05) is 24.8 Å². The number of hydrogen-bond donors (Lipinski definition) is 1. The fourth-order valence-electron chi connectivity index (χ4n) is 4.11. The van der Waals surface area contributed by atoms with Crippen LogP contribution in [-0.4, -0.2) is 23.2 Å². The Bertz CT molecular complexity index is 980. The lowest BCUT2D eigenvalue weighted by Gasteiger charge is -2.21. The standard InChI is InChI=1S/C22H23F3N2O2/c1-12-7-19(21(29)26-11-13-3-2-4-16(28)8-13)27-20-17(12)9-15(14-5-6-14)10-18(20)22(23,24)25/h7,9-10,13-14H,2-6,8,11H2,1H3,(H,26,29). The summed E-state index contributed by atoms with van der Waals surface area (Å²) in [5.41, 5.74) is 0.295. The molecule has 7 heteroatoms. The molecular weight excluding hydrogens is 381 g/mol. The molecule has 0 saturated heterocycles. The van der Waals surface area contributed by atoms with Gasteiger partial charge in [-0.05, 0) is 73.8 Å². The summed E-state index contributed by atoms with van der Waals surface area (Å²) < 4.78 is 41.1. The number of aromatic nitrogens is 1. The van der Waals surface area contributed by atoms with Crippen LogP contribution in [0.3, 0.4) is 0 Å². The Morgan fingerprint density at radius 1 is 1.21 bits per heavy atom. The van der Waals surface area contributed by atoms with Gasteiger partial charge in [-0.25, -0.2) is 4.98 Å². The summed E-state index contributed by atoms with van der Waals surface area (Å²) in [6.07, 6.45) is -0.0477. The van der Waals surface area contributed by atoms with Crippen LogP contribution in [-0.2, 0) is 11.0 Å². The summed E-state index contributed by atoms with van der Waals surface area (Å²) in [5, 5.41) is 3.18. The molecule has 0 bridgehead atoms. The summed E-state index contributed by atoms with van der Waals surface area (Å²) in [5.74, 6) is -0.0569. The molecule has 29 heavy (non-hydrogen) atoms. The third kappa shape index (κ3) is 4.28. The Kier molecular flexibility index (Phi) is 5.09. The molecular formula is C22H23F3N2O2. The van der Waals surface area contributed by atoms with E-state index in [1.54, 1.807) is 19.1 Å². The first-order valence-electron chi connectivity index (χ1n) is 10.0. The van der Waals surface area contributed by atoms with Crippen molar-refractivity contribution in [1.82, 2.24) is 10.3 Å². The summed E-state index contributed by atoms with van der Waals surface area (Å²) in [7, 11) is 0. The van der Waals surface area contributed by atoms with E-state index < -0.39 is 17.6 Å². The molecule has 2 aliphatic rings. The van der Waals surface area contributed by atoms with E-state index in [2.05, 4.69) is 10.3 Å². The fraction of sp³-hybridized carbons (Fsp3) is 0.500. The number of Topliss-reactive ketones (excluding diaryl/α,β-unsaturated/α-hetero) is 1. The van der Waals surface area contributed by atoms with Gasteiger partial charge in [-0.2, -0.15) is 13.2 Å². The highest BCUT2D eigenvalue weighted by atomic mass is 19.4. The van der Waals surface area contributed by atoms with Gasteiger partial charge < -0.3 is 5.32 Å².